The van der Waals surface area contributed by atoms with Gasteiger partial charge in [0, 0.05) is 14.9 Å². The Balaban J connectivity index is 1.94. The van der Waals surface area contributed by atoms with E-state index in [4.69, 9.17) is 5.73 Å². The summed E-state index contributed by atoms with van der Waals surface area (Å²) in [5, 5.41) is 3.44. The SMILES string of the molecule is CC1CCc2sc(NC(=O)c3cccc(Br)c3)c(C(N)=O)c2C1. The van der Waals surface area contributed by atoms with E-state index in [1.54, 1.807) is 18.2 Å². The Bertz CT molecular complexity index is 785. The van der Waals surface area contributed by atoms with Crippen molar-refractivity contribution in [2.24, 2.45) is 11.7 Å². The molecule has 2 aromatic rings. The van der Waals surface area contributed by atoms with Crippen LogP contribution in [0.5, 0.6) is 0 Å². The van der Waals surface area contributed by atoms with Crippen molar-refractivity contribution in [2.45, 2.75) is 26.2 Å². The summed E-state index contributed by atoms with van der Waals surface area (Å²) in [6, 6.07) is 7.14. The fourth-order valence-corrected chi connectivity index (χ4v) is 4.56. The van der Waals surface area contributed by atoms with Crippen LogP contribution >= 0.6 is 27.3 Å². The number of aryl methyl sites for hydroxylation is 1. The van der Waals surface area contributed by atoms with Crippen molar-refractivity contribution in [1.29, 1.82) is 0 Å². The minimum Gasteiger partial charge on any atom is -0.365 e. The number of nitrogens with one attached hydrogen (secondary N) is 1. The number of benzene rings is 1. The molecule has 1 aliphatic rings. The van der Waals surface area contributed by atoms with Gasteiger partial charge in [0.05, 0.1) is 5.56 Å². The van der Waals surface area contributed by atoms with E-state index in [1.807, 2.05) is 6.07 Å². The first-order chi connectivity index (χ1) is 11.0. The number of halogens is 1. The Morgan fingerprint density at radius 3 is 2.87 bits per heavy atom. The first-order valence-electron chi connectivity index (χ1n) is 7.47. The minimum absolute atomic E-state index is 0.236. The molecule has 0 radical (unpaired) electrons. The van der Waals surface area contributed by atoms with Crippen molar-refractivity contribution in [3.8, 4) is 0 Å². The van der Waals surface area contributed by atoms with Crippen LogP contribution in [0.3, 0.4) is 0 Å². The zero-order chi connectivity index (χ0) is 16.6. The normalized spacial score (nSPS) is 16.7. The number of carbonyl (C=O) groups is 2. The van der Waals surface area contributed by atoms with Crippen LogP contribution in [0.2, 0.25) is 0 Å². The standard InChI is InChI=1S/C17H17BrN2O2S/c1-9-5-6-13-12(7-9)14(15(19)21)17(23-13)20-16(22)10-3-2-4-11(18)8-10/h2-4,8-9H,5-7H2,1H3,(H2,19,21)(H,20,22). The van der Waals surface area contributed by atoms with Crippen LogP contribution in [0.4, 0.5) is 5.00 Å². The van der Waals surface area contributed by atoms with Crippen molar-refractivity contribution in [3.05, 3.63) is 50.3 Å². The van der Waals surface area contributed by atoms with Crippen LogP contribution < -0.4 is 11.1 Å². The molecule has 1 atom stereocenters. The molecule has 0 saturated carbocycles. The van der Waals surface area contributed by atoms with Gasteiger partial charge in [-0.2, -0.15) is 0 Å². The summed E-state index contributed by atoms with van der Waals surface area (Å²) in [5.41, 5.74) is 7.62. The lowest BCUT2D eigenvalue weighted by atomic mass is 9.87. The quantitative estimate of drug-likeness (QED) is 0.828. The number of nitrogens with two attached hydrogens (primary N) is 1. The van der Waals surface area contributed by atoms with E-state index in [1.165, 1.54) is 16.2 Å². The molecule has 1 aromatic heterocycles. The van der Waals surface area contributed by atoms with Gasteiger partial charge in [0.2, 0.25) is 0 Å². The number of rotatable bonds is 3. The van der Waals surface area contributed by atoms with Crippen molar-refractivity contribution in [2.75, 3.05) is 5.32 Å². The Kier molecular flexibility index (Phi) is 4.55. The van der Waals surface area contributed by atoms with E-state index in [9.17, 15) is 9.59 Å². The highest BCUT2D eigenvalue weighted by Crippen LogP contribution is 2.39. The second-order valence-corrected chi connectivity index (χ2v) is 7.91. The van der Waals surface area contributed by atoms with Gasteiger partial charge in [-0.3, -0.25) is 9.59 Å². The summed E-state index contributed by atoms with van der Waals surface area (Å²) in [5.74, 6) is -0.176. The lowest BCUT2D eigenvalue weighted by Gasteiger charge is -2.18. The first-order valence-corrected chi connectivity index (χ1v) is 9.08. The van der Waals surface area contributed by atoms with Crippen LogP contribution in [0, 0.1) is 5.92 Å². The van der Waals surface area contributed by atoms with Crippen molar-refractivity contribution >= 4 is 44.1 Å². The van der Waals surface area contributed by atoms with E-state index in [0.717, 1.165) is 29.3 Å². The molecule has 1 aliphatic carbocycles. The molecule has 1 aromatic carbocycles. The number of carbonyl (C=O) groups excluding carboxylic acids is 2. The Hall–Kier alpha value is -1.66. The minimum atomic E-state index is -0.471. The number of anilines is 1. The van der Waals surface area contributed by atoms with Crippen LogP contribution in [0.1, 0.15) is 44.5 Å². The van der Waals surface area contributed by atoms with Gasteiger partial charge in [0.25, 0.3) is 11.8 Å². The van der Waals surface area contributed by atoms with Crippen molar-refractivity contribution < 1.29 is 9.59 Å². The maximum atomic E-state index is 12.4. The number of primary amides is 1. The maximum Gasteiger partial charge on any atom is 0.256 e. The molecule has 0 spiro atoms. The third-order valence-corrected chi connectivity index (χ3v) is 5.77. The molecule has 4 nitrogen and oxygen atoms in total. The zero-order valence-corrected chi connectivity index (χ0v) is 15.1. The number of hydrogen-bond acceptors (Lipinski definition) is 3. The zero-order valence-electron chi connectivity index (χ0n) is 12.7. The van der Waals surface area contributed by atoms with Crippen LogP contribution in [-0.4, -0.2) is 11.8 Å². The number of amides is 2. The molecular formula is C17H17BrN2O2S. The van der Waals surface area contributed by atoms with Gasteiger partial charge in [-0.25, -0.2) is 0 Å². The summed E-state index contributed by atoms with van der Waals surface area (Å²) < 4.78 is 0.833. The second kappa shape index (κ2) is 6.45. The van der Waals surface area contributed by atoms with Gasteiger partial charge in [-0.1, -0.05) is 28.9 Å². The van der Waals surface area contributed by atoms with E-state index in [2.05, 4.69) is 28.2 Å². The molecule has 6 heteroatoms. The molecule has 2 amide bonds. The molecule has 23 heavy (non-hydrogen) atoms. The summed E-state index contributed by atoms with van der Waals surface area (Å²) >= 11 is 4.83. The van der Waals surface area contributed by atoms with Gasteiger partial charge >= 0.3 is 0 Å². The Morgan fingerprint density at radius 1 is 1.39 bits per heavy atom. The number of thiophene rings is 1. The Labute approximate surface area is 147 Å². The molecule has 3 N–H and O–H groups in total. The number of hydrogen-bond donors (Lipinski definition) is 2. The van der Waals surface area contributed by atoms with Crippen molar-refractivity contribution in [3.63, 3.8) is 0 Å². The fourth-order valence-electron chi connectivity index (χ4n) is 2.91. The lowest BCUT2D eigenvalue weighted by Crippen LogP contribution is -2.19. The highest BCUT2D eigenvalue weighted by atomic mass is 79.9. The third-order valence-electron chi connectivity index (χ3n) is 4.07. The van der Waals surface area contributed by atoms with Crippen LogP contribution in [-0.2, 0) is 12.8 Å². The molecule has 120 valence electrons. The van der Waals surface area contributed by atoms with Gasteiger partial charge < -0.3 is 11.1 Å². The lowest BCUT2D eigenvalue weighted by molar-refractivity contribution is 0.1000. The molecule has 0 bridgehead atoms. The summed E-state index contributed by atoms with van der Waals surface area (Å²) in [6.07, 6.45) is 2.88. The molecule has 3 rings (SSSR count). The highest BCUT2D eigenvalue weighted by Gasteiger charge is 2.27. The molecular weight excluding hydrogens is 376 g/mol. The highest BCUT2D eigenvalue weighted by molar-refractivity contribution is 9.10. The maximum absolute atomic E-state index is 12.4. The predicted octanol–water partition coefficient (Wildman–Crippen LogP) is 3.99. The molecule has 1 unspecified atom stereocenters. The summed E-state index contributed by atoms with van der Waals surface area (Å²) in [4.78, 5) is 25.5. The molecule has 0 fully saturated rings. The monoisotopic (exact) mass is 392 g/mol. The Morgan fingerprint density at radius 2 is 2.17 bits per heavy atom. The largest absolute Gasteiger partial charge is 0.365 e. The average molecular weight is 393 g/mol. The van der Waals surface area contributed by atoms with Crippen LogP contribution in [0.15, 0.2) is 28.7 Å². The first kappa shape index (κ1) is 16.2. The predicted molar refractivity (Wildman–Crippen MR) is 96.1 cm³/mol. The van der Waals surface area contributed by atoms with E-state index < -0.39 is 5.91 Å². The fraction of sp³-hybridized carbons (Fsp3) is 0.294. The van der Waals surface area contributed by atoms with E-state index in [-0.39, 0.29) is 5.91 Å². The van der Waals surface area contributed by atoms with Gasteiger partial charge in [0.1, 0.15) is 5.00 Å². The van der Waals surface area contributed by atoms with E-state index in [0.29, 0.717) is 22.0 Å². The van der Waals surface area contributed by atoms with E-state index >= 15 is 0 Å². The third kappa shape index (κ3) is 3.33. The van der Waals surface area contributed by atoms with Crippen LogP contribution in [0.25, 0.3) is 0 Å². The summed E-state index contributed by atoms with van der Waals surface area (Å²) in [6.45, 7) is 2.17. The average Bonchev–Trinajstić information content (AvgIpc) is 2.84. The van der Waals surface area contributed by atoms with Gasteiger partial charge in [0.15, 0.2) is 0 Å². The molecule has 0 aliphatic heterocycles. The number of fused-ring (bicyclic) bond motifs is 1. The smallest absolute Gasteiger partial charge is 0.256 e. The van der Waals surface area contributed by atoms with Gasteiger partial charge in [-0.05, 0) is 48.9 Å². The van der Waals surface area contributed by atoms with Gasteiger partial charge in [-0.15, -0.1) is 11.3 Å². The topological polar surface area (TPSA) is 72.2 Å². The summed E-state index contributed by atoms with van der Waals surface area (Å²) in [7, 11) is 0. The second-order valence-electron chi connectivity index (χ2n) is 5.88. The van der Waals surface area contributed by atoms with Crippen molar-refractivity contribution in [1.82, 2.24) is 0 Å². The molecule has 0 saturated heterocycles. The molecule has 1 heterocycles.